The third-order valence-corrected chi connectivity index (χ3v) is 6.22. The predicted molar refractivity (Wildman–Crippen MR) is 81.5 cm³/mol. The van der Waals surface area contributed by atoms with Crippen LogP contribution in [0.25, 0.3) is 0 Å². The molecule has 20 heavy (non-hydrogen) atoms. The second kappa shape index (κ2) is 7.73. The van der Waals surface area contributed by atoms with E-state index >= 15 is 0 Å². The first-order valence-electron chi connectivity index (χ1n) is 8.09. The van der Waals surface area contributed by atoms with Crippen molar-refractivity contribution in [2.45, 2.75) is 63.8 Å². The molecule has 0 amide bonds. The molecule has 6 heteroatoms. The average molecular weight is 303 g/mol. The fraction of sp³-hybridized carbons (Fsp3) is 1.00. The third kappa shape index (κ3) is 4.69. The second-order valence-corrected chi connectivity index (χ2v) is 7.97. The van der Waals surface area contributed by atoms with Crippen LogP contribution in [0.5, 0.6) is 0 Å². The molecule has 0 radical (unpaired) electrons. The Morgan fingerprint density at radius 1 is 1.00 bits per heavy atom. The van der Waals surface area contributed by atoms with Crippen molar-refractivity contribution in [3.8, 4) is 0 Å². The molecule has 1 aliphatic heterocycles. The summed E-state index contributed by atoms with van der Waals surface area (Å²) in [5.41, 5.74) is 5.69. The van der Waals surface area contributed by atoms with Crippen LogP contribution in [-0.4, -0.2) is 38.4 Å². The number of piperidine rings is 1. The number of nitrogens with zero attached hydrogens (tertiary/aromatic N) is 1. The summed E-state index contributed by atoms with van der Waals surface area (Å²) in [7, 11) is -3.33. The van der Waals surface area contributed by atoms with Gasteiger partial charge in [0.15, 0.2) is 0 Å². The molecule has 5 nitrogen and oxygen atoms in total. The van der Waals surface area contributed by atoms with E-state index in [1.807, 2.05) is 0 Å². The van der Waals surface area contributed by atoms with Gasteiger partial charge in [-0.05, 0) is 38.1 Å². The van der Waals surface area contributed by atoms with Gasteiger partial charge in [-0.2, -0.15) is 17.4 Å². The van der Waals surface area contributed by atoms with Gasteiger partial charge in [0, 0.05) is 19.1 Å². The summed E-state index contributed by atoms with van der Waals surface area (Å²) in [6.45, 7) is 1.80. The Morgan fingerprint density at radius 3 is 2.30 bits per heavy atom. The highest BCUT2D eigenvalue weighted by Crippen LogP contribution is 2.21. The largest absolute Gasteiger partial charge is 0.330 e. The third-order valence-electron chi connectivity index (χ3n) is 4.58. The van der Waals surface area contributed by atoms with E-state index in [1.54, 1.807) is 4.31 Å². The van der Waals surface area contributed by atoms with Gasteiger partial charge in [-0.25, -0.2) is 0 Å². The maximum Gasteiger partial charge on any atom is 0.279 e. The van der Waals surface area contributed by atoms with Gasteiger partial charge in [0.05, 0.1) is 0 Å². The molecule has 1 aliphatic carbocycles. The van der Waals surface area contributed by atoms with E-state index in [0.29, 0.717) is 25.6 Å². The highest BCUT2D eigenvalue weighted by Gasteiger charge is 2.30. The van der Waals surface area contributed by atoms with Gasteiger partial charge in [-0.1, -0.05) is 32.1 Å². The van der Waals surface area contributed by atoms with Crippen LogP contribution in [0.3, 0.4) is 0 Å². The quantitative estimate of drug-likeness (QED) is 0.828. The van der Waals surface area contributed by atoms with Crippen LogP contribution in [-0.2, 0) is 10.2 Å². The zero-order chi connectivity index (χ0) is 14.4. The van der Waals surface area contributed by atoms with Crippen LogP contribution in [0.1, 0.15) is 57.8 Å². The minimum absolute atomic E-state index is 0.124. The van der Waals surface area contributed by atoms with E-state index in [0.717, 1.165) is 38.5 Å². The average Bonchev–Trinajstić information content (AvgIpc) is 2.42. The first-order chi connectivity index (χ1) is 9.62. The molecule has 1 saturated heterocycles. The van der Waals surface area contributed by atoms with E-state index in [1.165, 1.54) is 19.3 Å². The van der Waals surface area contributed by atoms with Crippen molar-refractivity contribution in [2.75, 3.05) is 19.6 Å². The smallest absolute Gasteiger partial charge is 0.279 e. The van der Waals surface area contributed by atoms with Crippen LogP contribution in [0.2, 0.25) is 0 Å². The Labute approximate surface area is 123 Å². The molecule has 2 rings (SSSR count). The van der Waals surface area contributed by atoms with E-state index in [-0.39, 0.29) is 6.04 Å². The highest BCUT2D eigenvalue weighted by molar-refractivity contribution is 7.87. The molecule has 2 aliphatic rings. The van der Waals surface area contributed by atoms with Gasteiger partial charge in [-0.3, -0.25) is 0 Å². The van der Waals surface area contributed by atoms with Crippen molar-refractivity contribution in [3.63, 3.8) is 0 Å². The zero-order valence-electron chi connectivity index (χ0n) is 12.4. The summed E-state index contributed by atoms with van der Waals surface area (Å²) in [6.07, 6.45) is 9.97. The molecule has 0 aromatic heterocycles. The van der Waals surface area contributed by atoms with Crippen LogP contribution in [0, 0.1) is 5.92 Å². The molecule has 3 N–H and O–H groups in total. The molecule has 0 spiro atoms. The lowest BCUT2D eigenvalue weighted by Gasteiger charge is -2.33. The van der Waals surface area contributed by atoms with Crippen LogP contribution >= 0.6 is 0 Å². The summed E-state index contributed by atoms with van der Waals surface area (Å²) in [4.78, 5) is 0. The van der Waals surface area contributed by atoms with Crippen LogP contribution < -0.4 is 10.5 Å². The lowest BCUT2D eigenvalue weighted by molar-refractivity contribution is 0.265. The lowest BCUT2D eigenvalue weighted by atomic mass is 9.97. The number of nitrogens with two attached hydrogens (primary N) is 1. The molecule has 0 aromatic carbocycles. The normalized spacial score (nSPS) is 27.9. The molecule has 1 saturated carbocycles. The zero-order valence-corrected chi connectivity index (χ0v) is 13.2. The fourth-order valence-corrected chi connectivity index (χ4v) is 4.88. The second-order valence-electron chi connectivity index (χ2n) is 6.27. The first-order valence-corrected chi connectivity index (χ1v) is 9.53. The van der Waals surface area contributed by atoms with Crippen molar-refractivity contribution in [1.29, 1.82) is 0 Å². The van der Waals surface area contributed by atoms with E-state index in [2.05, 4.69) is 4.72 Å². The Hall–Kier alpha value is -0.170. The number of nitrogens with one attached hydrogen (secondary N) is 1. The molecular formula is C14H29N3O2S. The molecule has 1 heterocycles. The van der Waals surface area contributed by atoms with Gasteiger partial charge >= 0.3 is 0 Å². The van der Waals surface area contributed by atoms with E-state index in [9.17, 15) is 8.42 Å². The molecule has 118 valence electrons. The summed E-state index contributed by atoms with van der Waals surface area (Å²) in [5.74, 6) is 0.317. The van der Waals surface area contributed by atoms with Crippen LogP contribution in [0.15, 0.2) is 0 Å². The molecule has 2 fully saturated rings. The van der Waals surface area contributed by atoms with Gasteiger partial charge in [0.1, 0.15) is 0 Å². The van der Waals surface area contributed by atoms with Gasteiger partial charge < -0.3 is 5.73 Å². The first kappa shape index (κ1) is 16.2. The van der Waals surface area contributed by atoms with Gasteiger partial charge in [-0.15, -0.1) is 0 Å². The lowest BCUT2D eigenvalue weighted by Crippen LogP contribution is -2.50. The maximum atomic E-state index is 12.5. The summed E-state index contributed by atoms with van der Waals surface area (Å²) in [6, 6.07) is 0.124. The summed E-state index contributed by atoms with van der Waals surface area (Å²) < 4.78 is 29.5. The Balaban J connectivity index is 1.91. The highest BCUT2D eigenvalue weighted by atomic mass is 32.2. The SMILES string of the molecule is NCC1CCCN(S(=O)(=O)NC2CCCCCCC2)C1. The Kier molecular flexibility index (Phi) is 6.26. The van der Waals surface area contributed by atoms with Gasteiger partial charge in [0.25, 0.3) is 10.2 Å². The molecule has 0 aromatic rings. The van der Waals surface area contributed by atoms with Crippen molar-refractivity contribution >= 4 is 10.2 Å². The minimum atomic E-state index is -3.33. The Morgan fingerprint density at radius 2 is 1.65 bits per heavy atom. The van der Waals surface area contributed by atoms with Gasteiger partial charge in [0.2, 0.25) is 0 Å². The number of hydrogen-bond donors (Lipinski definition) is 2. The topological polar surface area (TPSA) is 75.4 Å². The van der Waals surface area contributed by atoms with E-state index in [4.69, 9.17) is 5.73 Å². The molecule has 1 unspecified atom stereocenters. The van der Waals surface area contributed by atoms with Crippen LogP contribution in [0.4, 0.5) is 0 Å². The summed E-state index contributed by atoms with van der Waals surface area (Å²) >= 11 is 0. The molecular weight excluding hydrogens is 274 g/mol. The fourth-order valence-electron chi connectivity index (χ4n) is 3.30. The number of rotatable bonds is 4. The standard InChI is InChI=1S/C14H29N3O2S/c15-11-13-7-6-10-17(12-13)20(18,19)16-14-8-4-2-1-3-5-9-14/h13-14,16H,1-12,15H2. The maximum absolute atomic E-state index is 12.5. The molecule has 1 atom stereocenters. The Bertz CT molecular complexity index is 378. The van der Waals surface area contributed by atoms with Crippen molar-refractivity contribution < 1.29 is 8.42 Å². The van der Waals surface area contributed by atoms with E-state index < -0.39 is 10.2 Å². The minimum Gasteiger partial charge on any atom is -0.330 e. The number of hydrogen-bond acceptors (Lipinski definition) is 3. The predicted octanol–water partition coefficient (Wildman–Crippen LogP) is 1.60. The van der Waals surface area contributed by atoms with Crippen molar-refractivity contribution in [3.05, 3.63) is 0 Å². The van der Waals surface area contributed by atoms with Crippen molar-refractivity contribution in [2.24, 2.45) is 11.7 Å². The monoisotopic (exact) mass is 303 g/mol. The summed E-state index contributed by atoms with van der Waals surface area (Å²) in [5, 5.41) is 0. The molecule has 0 bridgehead atoms. The van der Waals surface area contributed by atoms with Crippen molar-refractivity contribution in [1.82, 2.24) is 9.03 Å².